The third kappa shape index (κ3) is 3.78. The van der Waals surface area contributed by atoms with Gasteiger partial charge in [0, 0.05) is 6.07 Å². The smallest absolute Gasteiger partial charge is 0.331 e. The van der Waals surface area contributed by atoms with Gasteiger partial charge in [-0.25, -0.2) is 4.79 Å². The maximum atomic E-state index is 13.1. The first-order valence-corrected chi connectivity index (χ1v) is 8.16. The van der Waals surface area contributed by atoms with Crippen LogP contribution in [-0.2, 0) is 0 Å². The van der Waals surface area contributed by atoms with Crippen molar-refractivity contribution < 1.29 is 14.3 Å². The third-order valence-electron chi connectivity index (χ3n) is 3.88. The summed E-state index contributed by atoms with van der Waals surface area (Å²) in [6.07, 6.45) is 0. The lowest BCUT2D eigenvalue weighted by molar-refractivity contribution is 0.259. The van der Waals surface area contributed by atoms with Gasteiger partial charge in [0.15, 0.2) is 0 Å². The van der Waals surface area contributed by atoms with Crippen LogP contribution >= 0.6 is 0 Å². The quantitative estimate of drug-likeness (QED) is 0.700. The molecular formula is C21H20N2O3. The second-order valence-corrected chi connectivity index (χ2v) is 5.50. The average Bonchev–Trinajstić information content (AvgIpc) is 2.69. The molecule has 0 fully saturated rings. The van der Waals surface area contributed by atoms with E-state index in [0.29, 0.717) is 17.2 Å². The number of nitrogens with zero attached hydrogens (tertiary/aromatic N) is 1. The summed E-state index contributed by atoms with van der Waals surface area (Å²) in [5, 5.41) is 2.92. The molecule has 0 aliphatic heterocycles. The van der Waals surface area contributed by atoms with Gasteiger partial charge in [0.25, 0.3) is 0 Å². The summed E-state index contributed by atoms with van der Waals surface area (Å²) in [6, 6.07) is 23.9. The predicted octanol–water partition coefficient (Wildman–Crippen LogP) is 5.07. The van der Waals surface area contributed by atoms with Crippen LogP contribution in [0.3, 0.4) is 0 Å². The maximum absolute atomic E-state index is 13.1. The zero-order valence-corrected chi connectivity index (χ0v) is 14.7. The lowest BCUT2D eigenvalue weighted by Gasteiger charge is -2.24. The lowest BCUT2D eigenvalue weighted by Crippen LogP contribution is -2.30. The number of ether oxygens (including phenoxy) is 2. The first-order valence-electron chi connectivity index (χ1n) is 8.16. The highest BCUT2D eigenvalue weighted by atomic mass is 16.5. The number of benzene rings is 3. The molecule has 132 valence electrons. The second-order valence-electron chi connectivity index (χ2n) is 5.50. The van der Waals surface area contributed by atoms with Gasteiger partial charge in [-0.2, -0.15) is 0 Å². The number of anilines is 3. The molecule has 0 atom stereocenters. The molecule has 0 aliphatic rings. The Morgan fingerprint density at radius 3 is 1.88 bits per heavy atom. The molecule has 0 spiro atoms. The van der Waals surface area contributed by atoms with E-state index >= 15 is 0 Å². The Hall–Kier alpha value is -3.47. The van der Waals surface area contributed by atoms with E-state index in [1.165, 1.54) is 0 Å². The van der Waals surface area contributed by atoms with E-state index in [-0.39, 0.29) is 6.03 Å². The Balaban J connectivity index is 1.97. The zero-order chi connectivity index (χ0) is 18.4. The molecule has 26 heavy (non-hydrogen) atoms. The monoisotopic (exact) mass is 348 g/mol. The highest BCUT2D eigenvalue weighted by molar-refractivity contribution is 6.07. The van der Waals surface area contributed by atoms with E-state index in [1.54, 1.807) is 37.3 Å². The predicted molar refractivity (Wildman–Crippen MR) is 104 cm³/mol. The van der Waals surface area contributed by atoms with Crippen LogP contribution in [0, 0.1) is 0 Å². The van der Waals surface area contributed by atoms with E-state index in [0.717, 1.165) is 11.4 Å². The van der Waals surface area contributed by atoms with E-state index in [2.05, 4.69) is 5.32 Å². The minimum atomic E-state index is -0.297. The van der Waals surface area contributed by atoms with Gasteiger partial charge in [-0.15, -0.1) is 0 Å². The summed E-state index contributed by atoms with van der Waals surface area (Å²) >= 11 is 0. The molecule has 5 heteroatoms. The number of para-hydroxylation sites is 2. The molecule has 0 unspecified atom stereocenters. The van der Waals surface area contributed by atoms with Gasteiger partial charge in [-0.05, 0) is 36.4 Å². The molecule has 0 saturated carbocycles. The van der Waals surface area contributed by atoms with Gasteiger partial charge < -0.3 is 14.8 Å². The standard InChI is InChI=1S/C21H20N2O3/c1-25-18-13-14-20(26-2)19(15-18)22-21(24)23(16-9-5-3-6-10-16)17-11-7-4-8-12-17/h3-15H,1-2H3,(H,22,24). The SMILES string of the molecule is COc1ccc(OC)c(NC(=O)N(c2ccccc2)c2ccccc2)c1. The highest BCUT2D eigenvalue weighted by Crippen LogP contribution is 2.31. The first-order chi connectivity index (χ1) is 12.7. The summed E-state index contributed by atoms with van der Waals surface area (Å²) in [5.41, 5.74) is 2.06. The molecule has 0 bridgehead atoms. The van der Waals surface area contributed by atoms with Crippen LogP contribution < -0.4 is 19.7 Å². The van der Waals surface area contributed by atoms with Crippen molar-refractivity contribution in [1.82, 2.24) is 0 Å². The van der Waals surface area contributed by atoms with Crippen LogP contribution in [0.5, 0.6) is 11.5 Å². The van der Waals surface area contributed by atoms with Crippen LogP contribution in [0.25, 0.3) is 0 Å². The number of methoxy groups -OCH3 is 2. The molecule has 3 aromatic carbocycles. The normalized spacial score (nSPS) is 10.1. The molecule has 0 saturated heterocycles. The van der Waals surface area contributed by atoms with Gasteiger partial charge in [-0.1, -0.05) is 36.4 Å². The molecule has 0 heterocycles. The Morgan fingerprint density at radius 1 is 0.808 bits per heavy atom. The highest BCUT2D eigenvalue weighted by Gasteiger charge is 2.19. The van der Waals surface area contributed by atoms with Crippen LogP contribution in [0.15, 0.2) is 78.9 Å². The van der Waals surface area contributed by atoms with Crippen LogP contribution in [0.2, 0.25) is 0 Å². The fourth-order valence-corrected chi connectivity index (χ4v) is 2.62. The van der Waals surface area contributed by atoms with E-state index in [4.69, 9.17) is 9.47 Å². The minimum Gasteiger partial charge on any atom is -0.497 e. The Labute approximate surface area is 152 Å². The van der Waals surface area contributed by atoms with Gasteiger partial charge in [-0.3, -0.25) is 4.90 Å². The number of nitrogens with one attached hydrogen (secondary N) is 1. The van der Waals surface area contributed by atoms with Crippen molar-refractivity contribution >= 4 is 23.1 Å². The largest absolute Gasteiger partial charge is 0.497 e. The van der Waals surface area contributed by atoms with Crippen molar-refractivity contribution in [3.05, 3.63) is 78.9 Å². The van der Waals surface area contributed by atoms with Crippen molar-refractivity contribution in [2.75, 3.05) is 24.4 Å². The fraction of sp³-hybridized carbons (Fsp3) is 0.0952. The van der Waals surface area contributed by atoms with Gasteiger partial charge >= 0.3 is 6.03 Å². The first kappa shape index (κ1) is 17.4. The number of amides is 2. The molecule has 3 aromatic rings. The fourth-order valence-electron chi connectivity index (χ4n) is 2.62. The van der Waals surface area contributed by atoms with E-state index in [9.17, 15) is 4.79 Å². The molecule has 5 nitrogen and oxygen atoms in total. The van der Waals surface area contributed by atoms with Gasteiger partial charge in [0.2, 0.25) is 0 Å². The number of hydrogen-bond acceptors (Lipinski definition) is 3. The molecule has 0 radical (unpaired) electrons. The van der Waals surface area contributed by atoms with Crippen molar-refractivity contribution in [3.63, 3.8) is 0 Å². The van der Waals surface area contributed by atoms with Gasteiger partial charge in [0.05, 0.1) is 31.3 Å². The molecule has 0 aromatic heterocycles. The second kappa shape index (κ2) is 8.07. The van der Waals surface area contributed by atoms with Crippen molar-refractivity contribution in [2.45, 2.75) is 0 Å². The lowest BCUT2D eigenvalue weighted by atomic mass is 10.2. The van der Waals surface area contributed by atoms with Crippen molar-refractivity contribution in [2.24, 2.45) is 0 Å². The summed E-state index contributed by atoms with van der Waals surface area (Å²) < 4.78 is 10.6. The van der Waals surface area contributed by atoms with E-state index in [1.807, 2.05) is 60.7 Å². The average molecular weight is 348 g/mol. The topological polar surface area (TPSA) is 50.8 Å². The molecular weight excluding hydrogens is 328 g/mol. The van der Waals surface area contributed by atoms with Crippen molar-refractivity contribution in [3.8, 4) is 11.5 Å². The molecule has 3 rings (SSSR count). The Bertz CT molecular complexity index is 827. The van der Waals surface area contributed by atoms with Crippen LogP contribution in [-0.4, -0.2) is 20.3 Å². The molecule has 1 N–H and O–H groups in total. The minimum absolute atomic E-state index is 0.297. The number of carbonyl (C=O) groups excluding carboxylic acids is 1. The molecule has 0 aliphatic carbocycles. The van der Waals surface area contributed by atoms with Crippen molar-refractivity contribution in [1.29, 1.82) is 0 Å². The van der Waals surface area contributed by atoms with Gasteiger partial charge in [0.1, 0.15) is 11.5 Å². The Morgan fingerprint density at radius 2 is 1.38 bits per heavy atom. The van der Waals surface area contributed by atoms with Crippen LogP contribution in [0.1, 0.15) is 0 Å². The summed E-state index contributed by atoms with van der Waals surface area (Å²) in [7, 11) is 3.14. The molecule has 2 amide bonds. The summed E-state index contributed by atoms with van der Waals surface area (Å²) in [6.45, 7) is 0. The van der Waals surface area contributed by atoms with Crippen LogP contribution in [0.4, 0.5) is 21.9 Å². The summed E-state index contributed by atoms with van der Waals surface area (Å²) in [5.74, 6) is 1.19. The third-order valence-corrected chi connectivity index (χ3v) is 3.88. The zero-order valence-electron chi connectivity index (χ0n) is 14.7. The number of rotatable bonds is 5. The summed E-state index contributed by atoms with van der Waals surface area (Å²) in [4.78, 5) is 14.7. The number of hydrogen-bond donors (Lipinski definition) is 1. The number of urea groups is 1. The Kier molecular flexibility index (Phi) is 5.39. The van der Waals surface area contributed by atoms with E-state index < -0.39 is 0 Å². The number of carbonyl (C=O) groups is 1. The maximum Gasteiger partial charge on any atom is 0.331 e.